The zero-order valence-electron chi connectivity index (χ0n) is 3.34. The average molecular weight is 137 g/mol. The molecular formula is C3H3ClNOS. The third-order valence-electron chi connectivity index (χ3n) is 0.507. The van der Waals surface area contributed by atoms with Gasteiger partial charge in [0.25, 0.3) is 0 Å². The molecule has 1 aliphatic heterocycles. The Balaban J connectivity index is 2.50. The van der Waals surface area contributed by atoms with Crippen LogP contribution in [0.3, 0.4) is 0 Å². The van der Waals surface area contributed by atoms with Crippen molar-refractivity contribution in [1.82, 2.24) is 5.06 Å². The van der Waals surface area contributed by atoms with Crippen molar-refractivity contribution in [3.8, 4) is 0 Å². The van der Waals surface area contributed by atoms with Crippen LogP contribution in [0.15, 0.2) is 10.6 Å². The number of hydrogen-bond donors (Lipinski definition) is 1. The Morgan fingerprint density at radius 2 is 2.57 bits per heavy atom. The van der Waals surface area contributed by atoms with Gasteiger partial charge in [-0.15, -0.1) is 0 Å². The van der Waals surface area contributed by atoms with E-state index in [1.165, 1.54) is 23.8 Å². The van der Waals surface area contributed by atoms with Crippen molar-refractivity contribution in [3.05, 3.63) is 16.4 Å². The van der Waals surface area contributed by atoms with Crippen LogP contribution in [-0.4, -0.2) is 10.3 Å². The van der Waals surface area contributed by atoms with Gasteiger partial charge in [0, 0.05) is 0 Å². The maximum atomic E-state index is 8.50. The number of halogens is 1. The lowest BCUT2D eigenvalue weighted by molar-refractivity contribution is 0.00464. The van der Waals surface area contributed by atoms with Crippen molar-refractivity contribution in [3.63, 3.8) is 0 Å². The van der Waals surface area contributed by atoms with E-state index in [2.05, 4.69) is 0 Å². The highest BCUT2D eigenvalue weighted by Crippen LogP contribution is 2.30. The molecule has 0 unspecified atom stereocenters. The zero-order valence-corrected chi connectivity index (χ0v) is 4.91. The van der Waals surface area contributed by atoms with Crippen LogP contribution in [0.5, 0.6) is 0 Å². The highest BCUT2D eigenvalue weighted by Gasteiger charge is 2.07. The molecule has 0 bridgehead atoms. The van der Waals surface area contributed by atoms with Crippen LogP contribution in [0.1, 0.15) is 0 Å². The Morgan fingerprint density at radius 1 is 1.86 bits per heavy atom. The van der Waals surface area contributed by atoms with Crippen molar-refractivity contribution in [2.75, 3.05) is 0 Å². The lowest BCUT2D eigenvalue weighted by atomic mass is 11.0. The monoisotopic (exact) mass is 136 g/mol. The summed E-state index contributed by atoms with van der Waals surface area (Å²) >= 11 is 6.68. The molecule has 0 aliphatic carbocycles. The van der Waals surface area contributed by atoms with Gasteiger partial charge in [-0.2, -0.15) is 0 Å². The Hall–Kier alpha value is 0.140. The summed E-state index contributed by atoms with van der Waals surface area (Å²) in [5.41, 5.74) is 0. The summed E-state index contributed by atoms with van der Waals surface area (Å²) in [4.78, 5) is 0. The molecule has 0 aromatic heterocycles. The molecule has 39 valence electrons. The van der Waals surface area contributed by atoms with E-state index in [9.17, 15) is 0 Å². The summed E-state index contributed by atoms with van der Waals surface area (Å²) in [6.45, 7) is 0. The van der Waals surface area contributed by atoms with Crippen LogP contribution in [0, 0.1) is 5.88 Å². The quantitative estimate of drug-likeness (QED) is 0.547. The lowest BCUT2D eigenvalue weighted by Gasteiger charge is -1.97. The van der Waals surface area contributed by atoms with Gasteiger partial charge in [0.2, 0.25) is 0 Å². The first-order valence-electron chi connectivity index (χ1n) is 1.63. The Kier molecular flexibility index (Phi) is 1.46. The molecule has 1 rings (SSSR count). The topological polar surface area (TPSA) is 23.5 Å². The van der Waals surface area contributed by atoms with Crippen molar-refractivity contribution in [2.24, 2.45) is 0 Å². The van der Waals surface area contributed by atoms with Gasteiger partial charge in [0.15, 0.2) is 0 Å². The van der Waals surface area contributed by atoms with Gasteiger partial charge < -0.3 is 0 Å². The number of thioether (sulfide) groups is 1. The second-order valence-corrected chi connectivity index (χ2v) is 2.55. The SMILES string of the molecule is ON1[CH]SC(Cl)=C1. The fourth-order valence-electron chi connectivity index (χ4n) is 0.269. The first-order valence-corrected chi connectivity index (χ1v) is 2.89. The molecule has 0 fully saturated rings. The molecular weight excluding hydrogens is 134 g/mol. The average Bonchev–Trinajstić information content (AvgIpc) is 1.87. The predicted molar refractivity (Wildman–Crippen MR) is 29.5 cm³/mol. The fraction of sp³-hybridized carbons (Fsp3) is 0. The van der Waals surface area contributed by atoms with Crippen molar-refractivity contribution in [1.29, 1.82) is 0 Å². The molecule has 0 aromatic rings. The van der Waals surface area contributed by atoms with Crippen molar-refractivity contribution >= 4 is 23.4 Å². The summed E-state index contributed by atoms with van der Waals surface area (Å²) in [5, 5.41) is 9.42. The largest absolute Gasteiger partial charge is 0.288 e. The van der Waals surface area contributed by atoms with Crippen LogP contribution >= 0.6 is 23.4 Å². The number of hydrogen-bond acceptors (Lipinski definition) is 3. The molecule has 1 aliphatic rings. The predicted octanol–water partition coefficient (Wildman–Crippen LogP) is 1.58. The van der Waals surface area contributed by atoms with Crippen LogP contribution in [0.25, 0.3) is 0 Å². The highest BCUT2D eigenvalue weighted by atomic mass is 35.5. The van der Waals surface area contributed by atoms with Gasteiger partial charge in [-0.25, -0.2) is 5.06 Å². The fourth-order valence-corrected chi connectivity index (χ4v) is 0.927. The molecule has 1 heterocycles. The molecule has 1 radical (unpaired) electrons. The van der Waals surface area contributed by atoms with Crippen molar-refractivity contribution in [2.45, 2.75) is 0 Å². The van der Waals surface area contributed by atoms with Crippen LogP contribution in [-0.2, 0) is 0 Å². The van der Waals surface area contributed by atoms with Gasteiger partial charge in [-0.05, 0) is 0 Å². The third-order valence-corrected chi connectivity index (χ3v) is 1.52. The maximum absolute atomic E-state index is 8.50. The van der Waals surface area contributed by atoms with Crippen LogP contribution in [0.2, 0.25) is 0 Å². The number of nitrogens with zero attached hydrogens (tertiary/aromatic N) is 1. The number of rotatable bonds is 0. The highest BCUT2D eigenvalue weighted by molar-refractivity contribution is 8.06. The molecule has 1 N–H and O–H groups in total. The van der Waals surface area contributed by atoms with Gasteiger partial charge in [0.1, 0.15) is 5.88 Å². The normalized spacial score (nSPS) is 20.3. The molecule has 0 amide bonds. The van der Waals surface area contributed by atoms with E-state index in [0.29, 0.717) is 4.36 Å². The molecule has 0 spiro atoms. The van der Waals surface area contributed by atoms with E-state index in [0.717, 1.165) is 5.06 Å². The lowest BCUT2D eigenvalue weighted by Crippen LogP contribution is -1.98. The standard InChI is InChI=1S/C3H3ClNOS/c4-3-1-5(6)2-7-3/h1-2,6H. The molecule has 2 nitrogen and oxygen atoms in total. The van der Waals surface area contributed by atoms with Crippen molar-refractivity contribution < 1.29 is 5.21 Å². The zero-order chi connectivity index (χ0) is 5.28. The number of hydroxylamine groups is 2. The minimum Gasteiger partial charge on any atom is -0.288 e. The second-order valence-electron chi connectivity index (χ2n) is 1.04. The molecule has 0 saturated carbocycles. The van der Waals surface area contributed by atoms with Crippen LogP contribution in [0.4, 0.5) is 0 Å². The first-order chi connectivity index (χ1) is 3.29. The van der Waals surface area contributed by atoms with E-state index < -0.39 is 0 Å². The Morgan fingerprint density at radius 3 is 2.71 bits per heavy atom. The minimum atomic E-state index is 0.586. The van der Waals surface area contributed by atoms with E-state index >= 15 is 0 Å². The molecule has 0 saturated heterocycles. The van der Waals surface area contributed by atoms with E-state index in [1.54, 1.807) is 0 Å². The second kappa shape index (κ2) is 1.94. The van der Waals surface area contributed by atoms with E-state index in [-0.39, 0.29) is 0 Å². The third kappa shape index (κ3) is 1.26. The molecule has 0 aromatic carbocycles. The van der Waals surface area contributed by atoms with E-state index in [1.807, 2.05) is 0 Å². The molecule has 7 heavy (non-hydrogen) atoms. The smallest absolute Gasteiger partial charge is 0.139 e. The Bertz CT molecular complexity index is 105. The summed E-state index contributed by atoms with van der Waals surface area (Å²) in [5.74, 6) is 1.50. The van der Waals surface area contributed by atoms with E-state index in [4.69, 9.17) is 16.8 Å². The maximum Gasteiger partial charge on any atom is 0.139 e. The molecule has 0 atom stereocenters. The molecule has 4 heteroatoms. The van der Waals surface area contributed by atoms with Gasteiger partial charge in [0.05, 0.1) is 10.6 Å². The first kappa shape index (κ1) is 5.28. The Labute approximate surface area is 50.7 Å². The summed E-state index contributed by atoms with van der Waals surface area (Å²) < 4.78 is 0.586. The van der Waals surface area contributed by atoms with Crippen LogP contribution < -0.4 is 0 Å². The van der Waals surface area contributed by atoms with Gasteiger partial charge >= 0.3 is 0 Å². The minimum absolute atomic E-state index is 0.586. The summed E-state index contributed by atoms with van der Waals surface area (Å²) in [7, 11) is 0. The summed E-state index contributed by atoms with van der Waals surface area (Å²) in [6, 6.07) is 0. The van der Waals surface area contributed by atoms with Gasteiger partial charge in [-0.3, -0.25) is 5.21 Å². The van der Waals surface area contributed by atoms with Gasteiger partial charge in [-0.1, -0.05) is 23.4 Å². The summed E-state index contributed by atoms with van der Waals surface area (Å²) in [6.07, 6.45) is 1.42.